The minimum absolute atomic E-state index is 0.0398. The van der Waals surface area contributed by atoms with Crippen molar-refractivity contribution < 1.29 is 14.3 Å². The zero-order valence-corrected chi connectivity index (χ0v) is 11.9. The monoisotopic (exact) mass is 278 g/mol. The number of aromatic nitrogens is 1. The molecule has 1 amide bonds. The van der Waals surface area contributed by atoms with Gasteiger partial charge in [0, 0.05) is 43.6 Å². The van der Waals surface area contributed by atoms with Crippen LogP contribution < -0.4 is 5.32 Å². The van der Waals surface area contributed by atoms with Gasteiger partial charge < -0.3 is 19.4 Å². The zero-order chi connectivity index (χ0) is 13.9. The Kier molecular flexibility index (Phi) is 4.08. The van der Waals surface area contributed by atoms with Crippen molar-refractivity contribution in [2.45, 2.75) is 32.4 Å². The third-order valence-electron chi connectivity index (χ3n) is 4.20. The lowest BCUT2D eigenvalue weighted by atomic mass is 10.1. The number of nitrogens with one attached hydrogen (secondary N) is 1. The highest BCUT2D eigenvalue weighted by molar-refractivity contribution is 5.95. The van der Waals surface area contributed by atoms with Gasteiger partial charge in [-0.15, -0.1) is 0 Å². The maximum Gasteiger partial charge on any atom is 0.253 e. The number of hydrogen-bond donors (Lipinski definition) is 1. The van der Waals surface area contributed by atoms with E-state index < -0.39 is 0 Å². The maximum atomic E-state index is 12.3. The van der Waals surface area contributed by atoms with E-state index in [0.29, 0.717) is 5.92 Å². The molecule has 0 aromatic carbocycles. The summed E-state index contributed by atoms with van der Waals surface area (Å²) in [6, 6.07) is 2.17. The molecule has 0 atom stereocenters. The molecule has 0 saturated carbocycles. The van der Waals surface area contributed by atoms with E-state index in [9.17, 15) is 4.79 Å². The molecule has 3 heterocycles. The van der Waals surface area contributed by atoms with Crippen LogP contribution in [0.4, 0.5) is 0 Å². The van der Waals surface area contributed by atoms with E-state index in [1.165, 1.54) is 0 Å². The summed E-state index contributed by atoms with van der Waals surface area (Å²) in [7, 11) is 0. The predicted molar refractivity (Wildman–Crippen MR) is 74.8 cm³/mol. The largest absolute Gasteiger partial charge is 0.381 e. The maximum absolute atomic E-state index is 12.3. The van der Waals surface area contributed by atoms with Crippen LogP contribution in [-0.2, 0) is 16.0 Å². The standard InChI is InChI=1S/C15H22N2O3/c1-11-14(2-5-17(11)8-12-9-20-10-12)15(18)16-13-3-6-19-7-4-13/h2,5,12-13H,3-4,6-10H2,1H3,(H,16,18). The highest BCUT2D eigenvalue weighted by atomic mass is 16.5. The van der Waals surface area contributed by atoms with Crippen LogP contribution in [-0.4, -0.2) is 42.9 Å². The lowest BCUT2D eigenvalue weighted by Gasteiger charge is -2.27. The van der Waals surface area contributed by atoms with Crippen molar-refractivity contribution in [1.82, 2.24) is 9.88 Å². The fourth-order valence-corrected chi connectivity index (χ4v) is 2.76. The first kappa shape index (κ1) is 13.6. The van der Waals surface area contributed by atoms with Crippen LogP contribution in [0, 0.1) is 12.8 Å². The Morgan fingerprint density at radius 3 is 2.75 bits per heavy atom. The molecule has 2 fully saturated rings. The third kappa shape index (κ3) is 2.88. The van der Waals surface area contributed by atoms with Gasteiger partial charge in [-0.3, -0.25) is 4.79 Å². The SMILES string of the molecule is Cc1c(C(=O)NC2CCOCC2)ccn1CC1COC1. The van der Waals surface area contributed by atoms with Crippen LogP contribution >= 0.6 is 0 Å². The second kappa shape index (κ2) is 5.97. The minimum Gasteiger partial charge on any atom is -0.381 e. The molecule has 3 rings (SSSR count). The fraction of sp³-hybridized carbons (Fsp3) is 0.667. The number of hydrogen-bond acceptors (Lipinski definition) is 3. The van der Waals surface area contributed by atoms with Crippen molar-refractivity contribution in [3.8, 4) is 0 Å². The van der Waals surface area contributed by atoms with Gasteiger partial charge in [-0.25, -0.2) is 0 Å². The molecule has 0 radical (unpaired) electrons. The summed E-state index contributed by atoms with van der Waals surface area (Å²) in [5.74, 6) is 0.630. The van der Waals surface area contributed by atoms with E-state index in [-0.39, 0.29) is 11.9 Å². The summed E-state index contributed by atoms with van der Waals surface area (Å²) in [5, 5.41) is 3.11. The average molecular weight is 278 g/mol. The van der Waals surface area contributed by atoms with Gasteiger partial charge in [0.1, 0.15) is 0 Å². The normalized spacial score (nSPS) is 20.6. The molecule has 1 aromatic heterocycles. The Bertz CT molecular complexity index is 473. The smallest absolute Gasteiger partial charge is 0.253 e. The van der Waals surface area contributed by atoms with Crippen LogP contribution in [0.1, 0.15) is 28.9 Å². The highest BCUT2D eigenvalue weighted by Crippen LogP contribution is 2.17. The van der Waals surface area contributed by atoms with Gasteiger partial charge in [-0.05, 0) is 25.8 Å². The second-order valence-electron chi connectivity index (χ2n) is 5.73. The van der Waals surface area contributed by atoms with Crippen molar-refractivity contribution in [2.24, 2.45) is 5.92 Å². The number of nitrogens with zero attached hydrogens (tertiary/aromatic N) is 1. The molecule has 0 aliphatic carbocycles. The number of rotatable bonds is 4. The van der Waals surface area contributed by atoms with Gasteiger partial charge in [0.05, 0.1) is 18.8 Å². The molecule has 20 heavy (non-hydrogen) atoms. The summed E-state index contributed by atoms with van der Waals surface area (Å²) in [6.45, 7) is 6.11. The summed E-state index contributed by atoms with van der Waals surface area (Å²) >= 11 is 0. The van der Waals surface area contributed by atoms with E-state index in [2.05, 4.69) is 9.88 Å². The Labute approximate surface area is 119 Å². The van der Waals surface area contributed by atoms with Crippen LogP contribution in [0.3, 0.4) is 0 Å². The van der Waals surface area contributed by atoms with E-state index in [1.807, 2.05) is 19.2 Å². The lowest BCUT2D eigenvalue weighted by Crippen LogP contribution is -2.39. The molecule has 0 unspecified atom stereocenters. The first-order chi connectivity index (χ1) is 9.74. The molecule has 0 spiro atoms. The molecule has 5 heteroatoms. The van der Waals surface area contributed by atoms with Crippen molar-refractivity contribution in [1.29, 1.82) is 0 Å². The molecular weight excluding hydrogens is 256 g/mol. The molecule has 2 aliphatic rings. The Balaban J connectivity index is 1.61. The topological polar surface area (TPSA) is 52.5 Å². The first-order valence-corrected chi connectivity index (χ1v) is 7.36. The Morgan fingerprint density at radius 1 is 1.35 bits per heavy atom. The summed E-state index contributed by atoms with van der Waals surface area (Å²) < 4.78 is 12.7. The molecule has 2 saturated heterocycles. The quantitative estimate of drug-likeness (QED) is 0.904. The molecule has 5 nitrogen and oxygen atoms in total. The van der Waals surface area contributed by atoms with Gasteiger partial charge in [0.25, 0.3) is 5.91 Å². The van der Waals surface area contributed by atoms with Crippen LogP contribution in [0.25, 0.3) is 0 Å². The first-order valence-electron chi connectivity index (χ1n) is 7.36. The Morgan fingerprint density at radius 2 is 2.10 bits per heavy atom. The molecule has 2 aliphatic heterocycles. The second-order valence-corrected chi connectivity index (χ2v) is 5.73. The predicted octanol–water partition coefficient (Wildman–Crippen LogP) is 1.35. The fourth-order valence-electron chi connectivity index (χ4n) is 2.76. The number of ether oxygens (including phenoxy) is 2. The average Bonchev–Trinajstić information content (AvgIpc) is 2.76. The summed E-state index contributed by atoms with van der Waals surface area (Å²) in [6.07, 6.45) is 3.82. The molecule has 0 bridgehead atoms. The van der Waals surface area contributed by atoms with Crippen molar-refractivity contribution >= 4 is 5.91 Å². The van der Waals surface area contributed by atoms with E-state index >= 15 is 0 Å². The van der Waals surface area contributed by atoms with Crippen LogP contribution in [0.15, 0.2) is 12.3 Å². The zero-order valence-electron chi connectivity index (χ0n) is 11.9. The number of carbonyl (C=O) groups is 1. The third-order valence-corrected chi connectivity index (χ3v) is 4.20. The lowest BCUT2D eigenvalue weighted by molar-refractivity contribution is -0.0395. The highest BCUT2D eigenvalue weighted by Gasteiger charge is 2.22. The number of amides is 1. The van der Waals surface area contributed by atoms with Gasteiger partial charge >= 0.3 is 0 Å². The van der Waals surface area contributed by atoms with E-state index in [1.54, 1.807) is 0 Å². The minimum atomic E-state index is 0.0398. The van der Waals surface area contributed by atoms with Crippen molar-refractivity contribution in [2.75, 3.05) is 26.4 Å². The summed E-state index contributed by atoms with van der Waals surface area (Å²) in [4.78, 5) is 12.3. The van der Waals surface area contributed by atoms with E-state index in [0.717, 1.165) is 57.1 Å². The van der Waals surface area contributed by atoms with E-state index in [4.69, 9.17) is 9.47 Å². The van der Waals surface area contributed by atoms with Gasteiger partial charge in [0.2, 0.25) is 0 Å². The molecule has 1 N–H and O–H groups in total. The number of carbonyl (C=O) groups excluding carboxylic acids is 1. The molecular formula is C15H22N2O3. The molecule has 110 valence electrons. The van der Waals surface area contributed by atoms with Gasteiger partial charge in [-0.1, -0.05) is 0 Å². The van der Waals surface area contributed by atoms with Crippen LogP contribution in [0.2, 0.25) is 0 Å². The van der Waals surface area contributed by atoms with Crippen LogP contribution in [0.5, 0.6) is 0 Å². The van der Waals surface area contributed by atoms with Crippen molar-refractivity contribution in [3.05, 3.63) is 23.5 Å². The summed E-state index contributed by atoms with van der Waals surface area (Å²) in [5.41, 5.74) is 1.83. The Hall–Kier alpha value is -1.33. The van der Waals surface area contributed by atoms with Gasteiger partial charge in [0.15, 0.2) is 0 Å². The van der Waals surface area contributed by atoms with Crippen molar-refractivity contribution in [3.63, 3.8) is 0 Å². The molecule has 1 aromatic rings. The van der Waals surface area contributed by atoms with Gasteiger partial charge in [-0.2, -0.15) is 0 Å².